The molecule has 23 heavy (non-hydrogen) atoms. The summed E-state index contributed by atoms with van der Waals surface area (Å²) in [7, 11) is 0. The summed E-state index contributed by atoms with van der Waals surface area (Å²) in [4.78, 5) is 17.2. The molecule has 3 rings (SSSR count). The van der Waals surface area contributed by atoms with E-state index in [0.29, 0.717) is 12.5 Å². The van der Waals surface area contributed by atoms with Crippen molar-refractivity contribution in [3.05, 3.63) is 48.4 Å². The zero-order valence-corrected chi connectivity index (χ0v) is 12.6. The largest absolute Gasteiger partial charge is 0.465 e. The molecule has 0 bridgehead atoms. The van der Waals surface area contributed by atoms with Gasteiger partial charge in [0, 0.05) is 31.4 Å². The van der Waals surface area contributed by atoms with Crippen LogP contribution in [-0.4, -0.2) is 35.8 Å². The number of nitrogens with one attached hydrogen (secondary N) is 1. The molecule has 1 saturated heterocycles. The van der Waals surface area contributed by atoms with E-state index in [4.69, 9.17) is 5.11 Å². The molecule has 1 aromatic heterocycles. The van der Waals surface area contributed by atoms with E-state index in [0.717, 1.165) is 36.5 Å². The summed E-state index contributed by atoms with van der Waals surface area (Å²) in [5.41, 5.74) is 1.87. The molecule has 2 heterocycles. The summed E-state index contributed by atoms with van der Waals surface area (Å²) in [6.07, 6.45) is 1.75. The van der Waals surface area contributed by atoms with Crippen molar-refractivity contribution >= 4 is 11.9 Å². The van der Waals surface area contributed by atoms with Gasteiger partial charge in [-0.05, 0) is 42.2 Å². The molecule has 0 spiro atoms. The highest BCUT2D eigenvalue weighted by Crippen LogP contribution is 2.25. The molecule has 120 valence electrons. The highest BCUT2D eigenvalue weighted by atomic mass is 19.1. The molecule has 6 heteroatoms. The third-order valence-electron chi connectivity index (χ3n) is 4.08. The lowest BCUT2D eigenvalue weighted by molar-refractivity contribution is 0.192. The molecule has 1 unspecified atom stereocenters. The van der Waals surface area contributed by atoms with Gasteiger partial charge in [-0.15, -0.1) is 0 Å². The van der Waals surface area contributed by atoms with Crippen LogP contribution >= 0.6 is 0 Å². The SMILES string of the molecule is O=C(O)NCC1CCN(c2ccc(-c3ccc(F)cc3)cn2)C1. The van der Waals surface area contributed by atoms with Crippen LogP contribution in [0.1, 0.15) is 6.42 Å². The van der Waals surface area contributed by atoms with Crippen molar-refractivity contribution in [2.75, 3.05) is 24.5 Å². The Morgan fingerprint density at radius 1 is 1.26 bits per heavy atom. The topological polar surface area (TPSA) is 65.5 Å². The molecule has 0 aliphatic carbocycles. The molecule has 1 aliphatic rings. The van der Waals surface area contributed by atoms with E-state index >= 15 is 0 Å². The smallest absolute Gasteiger partial charge is 0.404 e. The number of nitrogens with zero attached hydrogens (tertiary/aromatic N) is 2. The van der Waals surface area contributed by atoms with Gasteiger partial charge in [0.05, 0.1) is 0 Å². The molecule has 0 saturated carbocycles. The highest BCUT2D eigenvalue weighted by molar-refractivity contribution is 5.64. The normalized spacial score (nSPS) is 17.3. The Morgan fingerprint density at radius 2 is 2.00 bits per heavy atom. The number of pyridine rings is 1. The van der Waals surface area contributed by atoms with Gasteiger partial charge in [0.2, 0.25) is 0 Å². The maximum absolute atomic E-state index is 13.0. The first-order valence-corrected chi connectivity index (χ1v) is 7.55. The monoisotopic (exact) mass is 315 g/mol. The maximum atomic E-state index is 13.0. The molecule has 5 nitrogen and oxygen atoms in total. The summed E-state index contributed by atoms with van der Waals surface area (Å²) >= 11 is 0. The molecule has 2 N–H and O–H groups in total. The molecule has 2 aromatic rings. The van der Waals surface area contributed by atoms with Crippen LogP contribution in [0.3, 0.4) is 0 Å². The highest BCUT2D eigenvalue weighted by Gasteiger charge is 2.23. The first kappa shape index (κ1) is 15.3. The third kappa shape index (κ3) is 3.77. The zero-order chi connectivity index (χ0) is 16.2. The number of hydrogen-bond donors (Lipinski definition) is 2. The Morgan fingerprint density at radius 3 is 2.65 bits per heavy atom. The van der Waals surface area contributed by atoms with Crippen molar-refractivity contribution in [2.24, 2.45) is 5.92 Å². The fraction of sp³-hybridized carbons (Fsp3) is 0.294. The van der Waals surface area contributed by atoms with Gasteiger partial charge in [-0.2, -0.15) is 0 Å². The van der Waals surface area contributed by atoms with Gasteiger partial charge in [0.15, 0.2) is 0 Å². The van der Waals surface area contributed by atoms with Gasteiger partial charge in [0.1, 0.15) is 11.6 Å². The van der Waals surface area contributed by atoms with Crippen molar-refractivity contribution in [1.82, 2.24) is 10.3 Å². The van der Waals surface area contributed by atoms with Crippen LogP contribution in [0.15, 0.2) is 42.6 Å². The lowest BCUT2D eigenvalue weighted by Gasteiger charge is -2.17. The molecule has 1 fully saturated rings. The van der Waals surface area contributed by atoms with Gasteiger partial charge in [-0.1, -0.05) is 12.1 Å². The molecule has 1 amide bonds. The summed E-state index contributed by atoms with van der Waals surface area (Å²) in [6, 6.07) is 10.3. The van der Waals surface area contributed by atoms with E-state index < -0.39 is 6.09 Å². The van der Waals surface area contributed by atoms with Crippen LogP contribution in [0.2, 0.25) is 0 Å². The number of rotatable bonds is 4. The Hall–Kier alpha value is -2.63. The molecule has 0 radical (unpaired) electrons. The van der Waals surface area contributed by atoms with Gasteiger partial charge in [-0.25, -0.2) is 14.2 Å². The molecular formula is C17H18FN3O2. The van der Waals surface area contributed by atoms with Gasteiger partial charge >= 0.3 is 6.09 Å². The lowest BCUT2D eigenvalue weighted by Crippen LogP contribution is -2.29. The lowest BCUT2D eigenvalue weighted by atomic mass is 10.1. The van der Waals surface area contributed by atoms with Crippen LogP contribution in [0.4, 0.5) is 15.0 Å². The predicted molar refractivity (Wildman–Crippen MR) is 86.0 cm³/mol. The van der Waals surface area contributed by atoms with Crippen LogP contribution in [0.5, 0.6) is 0 Å². The van der Waals surface area contributed by atoms with Crippen molar-refractivity contribution in [3.63, 3.8) is 0 Å². The summed E-state index contributed by atoms with van der Waals surface area (Å²) in [5, 5.41) is 11.1. The summed E-state index contributed by atoms with van der Waals surface area (Å²) in [5.74, 6) is 0.940. The minimum atomic E-state index is -0.981. The van der Waals surface area contributed by atoms with Gasteiger partial charge < -0.3 is 15.3 Å². The van der Waals surface area contributed by atoms with Crippen molar-refractivity contribution in [2.45, 2.75) is 6.42 Å². The number of benzene rings is 1. The predicted octanol–water partition coefficient (Wildman–Crippen LogP) is 2.98. The van der Waals surface area contributed by atoms with E-state index in [1.165, 1.54) is 12.1 Å². The Labute approximate surface area is 133 Å². The number of anilines is 1. The van der Waals surface area contributed by atoms with Crippen LogP contribution < -0.4 is 10.2 Å². The quantitative estimate of drug-likeness (QED) is 0.910. The first-order chi connectivity index (χ1) is 11.1. The van der Waals surface area contributed by atoms with E-state index in [1.807, 2.05) is 12.1 Å². The average molecular weight is 315 g/mol. The van der Waals surface area contributed by atoms with E-state index in [1.54, 1.807) is 18.3 Å². The number of hydrogen-bond acceptors (Lipinski definition) is 3. The van der Waals surface area contributed by atoms with Crippen LogP contribution in [0.25, 0.3) is 11.1 Å². The van der Waals surface area contributed by atoms with E-state index in [9.17, 15) is 9.18 Å². The Balaban J connectivity index is 1.64. The van der Waals surface area contributed by atoms with E-state index in [2.05, 4.69) is 15.2 Å². The minimum Gasteiger partial charge on any atom is -0.465 e. The second-order valence-corrected chi connectivity index (χ2v) is 5.70. The first-order valence-electron chi connectivity index (χ1n) is 7.55. The number of aromatic nitrogens is 1. The molecule has 1 aliphatic heterocycles. The second kappa shape index (κ2) is 6.64. The number of amides is 1. The fourth-order valence-electron chi connectivity index (χ4n) is 2.83. The van der Waals surface area contributed by atoms with Gasteiger partial charge in [-0.3, -0.25) is 0 Å². The number of carboxylic acid groups (broad SMARTS) is 1. The molecule has 1 aromatic carbocycles. The Kier molecular flexibility index (Phi) is 4.41. The summed E-state index contributed by atoms with van der Waals surface area (Å²) < 4.78 is 13.0. The third-order valence-corrected chi connectivity index (χ3v) is 4.08. The standard InChI is InChI=1S/C17H18FN3O2/c18-15-4-1-13(2-5-15)14-3-6-16(19-10-14)21-8-7-12(11-21)9-20-17(22)23/h1-6,10,12,20H,7-9,11H2,(H,22,23). The van der Waals surface area contributed by atoms with E-state index in [-0.39, 0.29) is 5.82 Å². The maximum Gasteiger partial charge on any atom is 0.404 e. The zero-order valence-electron chi connectivity index (χ0n) is 12.6. The molecular weight excluding hydrogens is 297 g/mol. The second-order valence-electron chi connectivity index (χ2n) is 5.70. The summed E-state index contributed by atoms with van der Waals surface area (Å²) in [6.45, 7) is 2.14. The van der Waals surface area contributed by atoms with Gasteiger partial charge in [0.25, 0.3) is 0 Å². The van der Waals surface area contributed by atoms with Crippen LogP contribution in [0, 0.1) is 11.7 Å². The number of carbonyl (C=O) groups is 1. The van der Waals surface area contributed by atoms with Crippen molar-refractivity contribution < 1.29 is 14.3 Å². The van der Waals surface area contributed by atoms with Crippen molar-refractivity contribution in [1.29, 1.82) is 0 Å². The number of halogens is 1. The molecule has 1 atom stereocenters. The van der Waals surface area contributed by atoms with Crippen LogP contribution in [-0.2, 0) is 0 Å². The fourth-order valence-corrected chi connectivity index (χ4v) is 2.83. The average Bonchev–Trinajstić information content (AvgIpc) is 3.03. The van der Waals surface area contributed by atoms with Crippen molar-refractivity contribution in [3.8, 4) is 11.1 Å². The minimum absolute atomic E-state index is 0.253. The Bertz CT molecular complexity index is 673.